The molecule has 5 heavy (non-hydrogen) atoms. The first-order chi connectivity index (χ1) is 2.27. The van der Waals surface area contributed by atoms with Crippen LogP contribution in [0.2, 0.25) is 0 Å². The Hall–Kier alpha value is 0.380. The third-order valence-electron chi connectivity index (χ3n) is 0.194. The molecule has 0 rings (SSSR count). The van der Waals surface area contributed by atoms with Gasteiger partial charge in [-0.2, -0.15) is 12.6 Å². The molecule has 0 nitrogen and oxygen atoms in total. The van der Waals surface area contributed by atoms with Crippen LogP contribution in [0, 0.1) is 0 Å². The van der Waals surface area contributed by atoms with Gasteiger partial charge < -0.3 is 0 Å². The summed E-state index contributed by atoms with van der Waals surface area (Å²) in [6.45, 7) is 3.35. The van der Waals surface area contributed by atoms with Gasteiger partial charge in [0.2, 0.25) is 0 Å². The van der Waals surface area contributed by atoms with Gasteiger partial charge in [-0.15, -0.1) is 18.2 Å². The molecule has 0 aromatic carbocycles. The van der Waals surface area contributed by atoms with E-state index in [0.29, 0.717) is 0 Å². The predicted molar refractivity (Wildman–Crippen MR) is 28.8 cm³/mol. The molecule has 2 heteroatoms. The highest BCUT2D eigenvalue weighted by Gasteiger charge is 1.78. The summed E-state index contributed by atoms with van der Waals surface area (Å²) in [5, 5.41) is 0. The Kier molecular flexibility index (Phi) is 2.81. The van der Waals surface area contributed by atoms with Gasteiger partial charge in [-0.25, -0.2) is 0 Å². The Balaban J connectivity index is 2.83. The van der Waals surface area contributed by atoms with E-state index in [4.69, 9.17) is 11.6 Å². The predicted octanol–water partition coefficient (Wildman–Crippen LogP) is 1.67. The molecule has 0 amide bonds. The van der Waals surface area contributed by atoms with Gasteiger partial charge in [-0.3, -0.25) is 0 Å². The number of thiol groups is 1. The second kappa shape index (κ2) is 2.61. The fraction of sp³-hybridized carbons (Fsp3) is 0.333. The lowest BCUT2D eigenvalue weighted by Gasteiger charge is -1.80. The lowest BCUT2D eigenvalue weighted by molar-refractivity contribution is 1.68. The maximum Gasteiger partial charge on any atom is 0.0938 e. The molecular formula is C3H5ClS. The minimum atomic E-state index is -0.185. The number of alkyl halides is 1. The van der Waals surface area contributed by atoms with Crippen molar-refractivity contribution < 1.29 is 0 Å². The van der Waals surface area contributed by atoms with Crippen molar-refractivity contribution in [3.8, 4) is 0 Å². The Morgan fingerprint density at radius 1 is 2.00 bits per heavy atom. The molecule has 0 spiro atoms. The molecule has 1 atom stereocenters. The van der Waals surface area contributed by atoms with Crippen molar-refractivity contribution in [3.05, 3.63) is 12.7 Å². The van der Waals surface area contributed by atoms with E-state index in [1.54, 1.807) is 6.08 Å². The zero-order valence-corrected chi connectivity index (χ0v) is 4.34. The van der Waals surface area contributed by atoms with Crippen molar-refractivity contribution in [1.82, 2.24) is 0 Å². The molecule has 0 aliphatic carbocycles. The van der Waals surface area contributed by atoms with Crippen LogP contribution < -0.4 is 0 Å². The zero-order valence-electron chi connectivity index (χ0n) is 2.69. The minimum absolute atomic E-state index is 0.185. The molecule has 1 unspecified atom stereocenters. The van der Waals surface area contributed by atoms with E-state index < -0.39 is 0 Å². The van der Waals surface area contributed by atoms with Crippen LogP contribution >= 0.6 is 24.2 Å². The highest BCUT2D eigenvalue weighted by Crippen LogP contribution is 1.98. The van der Waals surface area contributed by atoms with Crippen molar-refractivity contribution in [2.45, 2.75) is 4.71 Å². The molecular weight excluding hydrogens is 104 g/mol. The third-order valence-corrected chi connectivity index (χ3v) is 0.583. The average Bonchev–Trinajstić information content (AvgIpc) is 1.38. The first kappa shape index (κ1) is 5.38. The summed E-state index contributed by atoms with van der Waals surface area (Å²) >= 11 is 8.95. The monoisotopic (exact) mass is 108 g/mol. The lowest BCUT2D eigenvalue weighted by atomic mass is 10.8. The lowest BCUT2D eigenvalue weighted by Crippen LogP contribution is -1.69. The molecule has 0 aromatic rings. The summed E-state index contributed by atoms with van der Waals surface area (Å²) < 4.78 is -0.185. The van der Waals surface area contributed by atoms with Crippen LogP contribution in [-0.4, -0.2) is 4.71 Å². The fourth-order valence-corrected chi connectivity index (χ4v) is 0. The van der Waals surface area contributed by atoms with E-state index >= 15 is 0 Å². The van der Waals surface area contributed by atoms with E-state index in [1.165, 1.54) is 0 Å². The SMILES string of the molecule is C=CC(S)Cl. The normalized spacial score (nSPS) is 14.0. The Morgan fingerprint density at radius 3 is 2.20 bits per heavy atom. The molecule has 0 aliphatic heterocycles. The highest BCUT2D eigenvalue weighted by molar-refractivity contribution is 7.82. The van der Waals surface area contributed by atoms with Gasteiger partial charge in [-0.1, -0.05) is 6.08 Å². The fourth-order valence-electron chi connectivity index (χ4n) is 0. The summed E-state index contributed by atoms with van der Waals surface area (Å²) in [6, 6.07) is 0. The minimum Gasteiger partial charge on any atom is -0.156 e. The highest BCUT2D eigenvalue weighted by atomic mass is 35.5. The summed E-state index contributed by atoms with van der Waals surface area (Å²) in [7, 11) is 0. The smallest absolute Gasteiger partial charge is 0.0938 e. The standard InChI is InChI=1S/C3H5ClS/c1-2-3(4)5/h2-3,5H,1H2. The van der Waals surface area contributed by atoms with Crippen LogP contribution in [0.5, 0.6) is 0 Å². The van der Waals surface area contributed by atoms with Gasteiger partial charge in [0.05, 0.1) is 4.71 Å². The van der Waals surface area contributed by atoms with E-state index in [1.807, 2.05) is 0 Å². The Labute approximate surface area is 42.2 Å². The molecule has 0 saturated carbocycles. The van der Waals surface area contributed by atoms with Crippen molar-refractivity contribution in [2.24, 2.45) is 0 Å². The molecule has 0 fully saturated rings. The van der Waals surface area contributed by atoms with Crippen molar-refractivity contribution in [1.29, 1.82) is 0 Å². The maximum absolute atomic E-state index is 5.21. The van der Waals surface area contributed by atoms with Crippen molar-refractivity contribution >= 4 is 24.2 Å². The Bertz CT molecular complexity index is 33.9. The quantitative estimate of drug-likeness (QED) is 0.295. The van der Waals surface area contributed by atoms with E-state index in [-0.39, 0.29) is 4.71 Å². The van der Waals surface area contributed by atoms with Gasteiger partial charge in [-0.05, 0) is 0 Å². The first-order valence-electron chi connectivity index (χ1n) is 1.22. The molecule has 30 valence electrons. The van der Waals surface area contributed by atoms with E-state index in [9.17, 15) is 0 Å². The van der Waals surface area contributed by atoms with Crippen LogP contribution in [0.1, 0.15) is 0 Å². The number of hydrogen-bond donors (Lipinski definition) is 1. The summed E-state index contributed by atoms with van der Waals surface area (Å²) in [4.78, 5) is 0. The summed E-state index contributed by atoms with van der Waals surface area (Å²) in [5.74, 6) is 0. The zero-order chi connectivity index (χ0) is 4.28. The summed E-state index contributed by atoms with van der Waals surface area (Å²) in [6.07, 6.45) is 1.55. The van der Waals surface area contributed by atoms with Gasteiger partial charge in [0.15, 0.2) is 0 Å². The molecule has 0 heterocycles. The second-order valence-corrected chi connectivity index (χ2v) is 1.94. The van der Waals surface area contributed by atoms with Crippen LogP contribution in [-0.2, 0) is 0 Å². The maximum atomic E-state index is 5.21. The number of halogens is 1. The summed E-state index contributed by atoms with van der Waals surface area (Å²) in [5.41, 5.74) is 0. The number of rotatable bonds is 1. The van der Waals surface area contributed by atoms with Crippen LogP contribution in [0.3, 0.4) is 0 Å². The molecule has 0 N–H and O–H groups in total. The number of hydrogen-bond acceptors (Lipinski definition) is 1. The van der Waals surface area contributed by atoms with Gasteiger partial charge in [0.25, 0.3) is 0 Å². The second-order valence-electron chi connectivity index (χ2n) is 0.608. The van der Waals surface area contributed by atoms with Crippen molar-refractivity contribution in [2.75, 3.05) is 0 Å². The van der Waals surface area contributed by atoms with Crippen LogP contribution in [0.4, 0.5) is 0 Å². The third kappa shape index (κ3) is 4.38. The van der Waals surface area contributed by atoms with Crippen LogP contribution in [0.15, 0.2) is 12.7 Å². The molecule has 0 aliphatic rings. The molecule has 0 aromatic heterocycles. The topological polar surface area (TPSA) is 0 Å². The van der Waals surface area contributed by atoms with E-state index in [2.05, 4.69) is 19.2 Å². The van der Waals surface area contributed by atoms with Crippen molar-refractivity contribution in [3.63, 3.8) is 0 Å². The molecule has 0 saturated heterocycles. The van der Waals surface area contributed by atoms with Gasteiger partial charge in [0, 0.05) is 0 Å². The molecule has 0 radical (unpaired) electrons. The van der Waals surface area contributed by atoms with Gasteiger partial charge in [0.1, 0.15) is 0 Å². The first-order valence-corrected chi connectivity index (χ1v) is 2.17. The molecule has 0 bridgehead atoms. The van der Waals surface area contributed by atoms with Gasteiger partial charge >= 0.3 is 0 Å². The van der Waals surface area contributed by atoms with Crippen LogP contribution in [0.25, 0.3) is 0 Å². The average molecular weight is 109 g/mol. The Morgan fingerprint density at radius 2 is 2.20 bits per heavy atom. The largest absolute Gasteiger partial charge is 0.156 e. The van der Waals surface area contributed by atoms with E-state index in [0.717, 1.165) is 0 Å².